The van der Waals surface area contributed by atoms with Gasteiger partial charge in [-0.1, -0.05) is 24.8 Å². The molecule has 0 aliphatic heterocycles. The number of benzene rings is 1. The van der Waals surface area contributed by atoms with Crippen LogP contribution in [0, 0.1) is 0 Å². The molecule has 0 fully saturated rings. The Hall–Kier alpha value is -3.61. The molecule has 3 rings (SSSR count). The maximum absolute atomic E-state index is 12.4. The molecule has 1 aliphatic carbocycles. The molecule has 29 heavy (non-hydrogen) atoms. The molecule has 1 aromatic heterocycles. The summed E-state index contributed by atoms with van der Waals surface area (Å²) >= 11 is 0. The number of fused-ring (bicyclic) bond motifs is 1. The van der Waals surface area contributed by atoms with Gasteiger partial charge in [0, 0.05) is 11.8 Å². The minimum atomic E-state index is -0.787. The molecule has 1 aromatic carbocycles. The smallest absolute Gasteiger partial charge is 0.261 e. The Morgan fingerprint density at radius 3 is 2.76 bits per heavy atom. The number of aromatic nitrogens is 1. The molecule has 4 N–H and O–H groups in total. The highest BCUT2D eigenvalue weighted by Crippen LogP contribution is 2.28. The van der Waals surface area contributed by atoms with Crippen molar-refractivity contribution in [2.75, 3.05) is 6.61 Å². The van der Waals surface area contributed by atoms with Crippen LogP contribution in [-0.4, -0.2) is 23.4 Å². The molecule has 0 bridgehead atoms. The molecule has 1 atom stereocenters. The number of nitrogens with one attached hydrogen (secondary N) is 2. The van der Waals surface area contributed by atoms with Crippen LogP contribution < -0.4 is 21.3 Å². The maximum Gasteiger partial charge on any atom is 0.261 e. The molecule has 1 unspecified atom stereocenters. The van der Waals surface area contributed by atoms with Crippen LogP contribution in [0.3, 0.4) is 0 Å². The quantitative estimate of drug-likeness (QED) is 0.494. The van der Waals surface area contributed by atoms with Gasteiger partial charge in [0.2, 0.25) is 5.91 Å². The lowest BCUT2D eigenvalue weighted by Gasteiger charge is -2.26. The monoisotopic (exact) mass is 393 g/mol. The highest BCUT2D eigenvalue weighted by Gasteiger charge is 2.24. The van der Waals surface area contributed by atoms with Gasteiger partial charge in [0.1, 0.15) is 17.9 Å². The van der Waals surface area contributed by atoms with E-state index in [-0.39, 0.29) is 17.5 Å². The van der Waals surface area contributed by atoms with Gasteiger partial charge < -0.3 is 20.8 Å². The van der Waals surface area contributed by atoms with Crippen molar-refractivity contribution >= 4 is 17.9 Å². The molecule has 2 amide bonds. The lowest BCUT2D eigenvalue weighted by molar-refractivity contribution is -0.117. The number of rotatable bonds is 7. The van der Waals surface area contributed by atoms with Crippen LogP contribution in [0.2, 0.25) is 0 Å². The SMILES string of the molecule is C=CCOc1ccc(/C=C/C(=O)NC2CCCc3[nH]c(=O)c(C(N)=O)cc32)cc1. The van der Waals surface area contributed by atoms with E-state index in [0.717, 1.165) is 29.0 Å². The van der Waals surface area contributed by atoms with Gasteiger partial charge >= 0.3 is 0 Å². The summed E-state index contributed by atoms with van der Waals surface area (Å²) in [5.41, 5.74) is 7.00. The van der Waals surface area contributed by atoms with E-state index < -0.39 is 11.5 Å². The molecule has 150 valence electrons. The van der Waals surface area contributed by atoms with Crippen LogP contribution in [0.25, 0.3) is 6.08 Å². The normalized spacial score (nSPS) is 15.5. The van der Waals surface area contributed by atoms with E-state index in [1.54, 1.807) is 12.2 Å². The topological polar surface area (TPSA) is 114 Å². The number of primary amides is 1. The first-order valence-electron chi connectivity index (χ1n) is 9.36. The highest BCUT2D eigenvalue weighted by molar-refractivity contribution is 5.93. The van der Waals surface area contributed by atoms with Gasteiger partial charge in [0.25, 0.3) is 11.5 Å². The van der Waals surface area contributed by atoms with Gasteiger partial charge in [-0.15, -0.1) is 0 Å². The molecular formula is C22H23N3O4. The molecule has 2 aromatic rings. The average molecular weight is 393 g/mol. The Morgan fingerprint density at radius 2 is 2.07 bits per heavy atom. The summed E-state index contributed by atoms with van der Waals surface area (Å²) in [6.45, 7) is 4.03. The van der Waals surface area contributed by atoms with Crippen molar-refractivity contribution in [1.82, 2.24) is 10.3 Å². The van der Waals surface area contributed by atoms with Gasteiger partial charge in [-0.2, -0.15) is 0 Å². The van der Waals surface area contributed by atoms with Gasteiger partial charge in [0.15, 0.2) is 0 Å². The van der Waals surface area contributed by atoms with Crippen molar-refractivity contribution in [2.24, 2.45) is 5.73 Å². The van der Waals surface area contributed by atoms with Crippen molar-refractivity contribution in [3.63, 3.8) is 0 Å². The van der Waals surface area contributed by atoms with Crippen LogP contribution in [0.1, 0.15) is 46.1 Å². The van der Waals surface area contributed by atoms with Crippen LogP contribution in [-0.2, 0) is 11.2 Å². The van der Waals surface area contributed by atoms with Crippen LogP contribution in [0.5, 0.6) is 5.75 Å². The first-order chi connectivity index (χ1) is 14.0. The number of aromatic amines is 1. The van der Waals surface area contributed by atoms with Crippen LogP contribution >= 0.6 is 0 Å². The molecule has 7 heteroatoms. The molecule has 1 heterocycles. The zero-order chi connectivity index (χ0) is 20.8. The van der Waals surface area contributed by atoms with Crippen molar-refractivity contribution < 1.29 is 14.3 Å². The van der Waals surface area contributed by atoms with E-state index >= 15 is 0 Å². The van der Waals surface area contributed by atoms with Gasteiger partial charge in [-0.25, -0.2) is 0 Å². The molecule has 7 nitrogen and oxygen atoms in total. The summed E-state index contributed by atoms with van der Waals surface area (Å²) < 4.78 is 5.42. The van der Waals surface area contributed by atoms with E-state index in [2.05, 4.69) is 16.9 Å². The second kappa shape index (κ2) is 9.05. The molecule has 0 saturated heterocycles. The number of carbonyl (C=O) groups is 2. The Bertz CT molecular complexity index is 1010. The highest BCUT2D eigenvalue weighted by atomic mass is 16.5. The number of carbonyl (C=O) groups excluding carboxylic acids is 2. The Balaban J connectivity index is 1.69. The van der Waals surface area contributed by atoms with Crippen molar-refractivity contribution in [2.45, 2.75) is 25.3 Å². The Morgan fingerprint density at radius 1 is 1.31 bits per heavy atom. The summed E-state index contributed by atoms with van der Waals surface area (Å²) in [5.74, 6) is -0.323. The van der Waals surface area contributed by atoms with E-state index in [9.17, 15) is 14.4 Å². The number of hydrogen-bond donors (Lipinski definition) is 3. The maximum atomic E-state index is 12.4. The van der Waals surface area contributed by atoms with E-state index in [0.29, 0.717) is 19.4 Å². The lowest BCUT2D eigenvalue weighted by atomic mass is 9.90. The molecular weight excluding hydrogens is 370 g/mol. The van der Waals surface area contributed by atoms with Gasteiger partial charge in [-0.05, 0) is 54.7 Å². The fourth-order valence-electron chi connectivity index (χ4n) is 3.30. The molecule has 0 saturated carbocycles. The van der Waals surface area contributed by atoms with Gasteiger partial charge in [0.05, 0.1) is 6.04 Å². The fourth-order valence-corrected chi connectivity index (χ4v) is 3.30. The minimum Gasteiger partial charge on any atom is -0.490 e. The second-order valence-electron chi connectivity index (χ2n) is 6.77. The summed E-state index contributed by atoms with van der Waals surface area (Å²) in [6, 6.07) is 8.54. The standard InChI is InChI=1S/C22H23N3O4/c1-2-12-29-15-9-6-14(7-10-15)8-11-20(26)24-18-4-3-5-19-16(18)13-17(21(23)27)22(28)25-19/h2,6-11,13,18H,1,3-5,12H2,(H2,23,27)(H,24,26)(H,25,28)/b11-8+. The molecule has 1 aliphatic rings. The van der Waals surface area contributed by atoms with E-state index in [1.165, 1.54) is 12.1 Å². The number of ether oxygens (including phenoxy) is 1. The zero-order valence-corrected chi connectivity index (χ0v) is 15.9. The molecule has 0 radical (unpaired) electrons. The average Bonchev–Trinajstić information content (AvgIpc) is 2.71. The number of hydrogen-bond acceptors (Lipinski definition) is 4. The number of aryl methyl sites for hydroxylation is 1. The van der Waals surface area contributed by atoms with Crippen molar-refractivity contribution in [3.8, 4) is 5.75 Å². The van der Waals surface area contributed by atoms with Crippen LogP contribution in [0.15, 0.2) is 53.9 Å². The predicted octanol–water partition coefficient (Wildman–Crippen LogP) is 2.25. The Labute approximate surface area is 168 Å². The summed E-state index contributed by atoms with van der Waals surface area (Å²) in [4.78, 5) is 38.5. The predicted molar refractivity (Wildman–Crippen MR) is 111 cm³/mol. The fraction of sp³-hybridized carbons (Fsp3) is 0.227. The first kappa shape index (κ1) is 20.1. The number of nitrogens with two attached hydrogens (primary N) is 1. The summed E-state index contributed by atoms with van der Waals surface area (Å²) in [5, 5.41) is 2.93. The van der Waals surface area contributed by atoms with Crippen LogP contribution in [0.4, 0.5) is 0 Å². The number of pyridine rings is 1. The second-order valence-corrected chi connectivity index (χ2v) is 6.77. The third-order valence-corrected chi connectivity index (χ3v) is 4.71. The zero-order valence-electron chi connectivity index (χ0n) is 15.9. The Kier molecular flexibility index (Phi) is 6.29. The molecule has 0 spiro atoms. The largest absolute Gasteiger partial charge is 0.490 e. The summed E-state index contributed by atoms with van der Waals surface area (Å²) in [6.07, 6.45) is 7.05. The van der Waals surface area contributed by atoms with E-state index in [1.807, 2.05) is 24.3 Å². The van der Waals surface area contributed by atoms with Crippen molar-refractivity contribution in [3.05, 3.63) is 81.8 Å². The number of amides is 2. The summed E-state index contributed by atoms with van der Waals surface area (Å²) in [7, 11) is 0. The van der Waals surface area contributed by atoms with E-state index in [4.69, 9.17) is 10.5 Å². The third-order valence-electron chi connectivity index (χ3n) is 4.71. The lowest BCUT2D eigenvalue weighted by Crippen LogP contribution is -2.33. The minimum absolute atomic E-state index is 0.0980. The van der Waals surface area contributed by atoms with Crippen molar-refractivity contribution in [1.29, 1.82) is 0 Å². The van der Waals surface area contributed by atoms with Gasteiger partial charge in [-0.3, -0.25) is 14.4 Å². The first-order valence-corrected chi connectivity index (χ1v) is 9.36. The third kappa shape index (κ3) is 5.01. The number of H-pyrrole nitrogens is 1.